The molecule has 0 bridgehead atoms. The number of nitrogens with zero attached hydrogens (tertiary/aromatic N) is 2. The van der Waals surface area contributed by atoms with E-state index in [0.717, 1.165) is 19.6 Å². The quantitative estimate of drug-likeness (QED) is 0.921. The predicted molar refractivity (Wildman–Crippen MR) is 86.0 cm³/mol. The molecule has 1 aromatic carbocycles. The zero-order valence-corrected chi connectivity index (χ0v) is 13.9. The summed E-state index contributed by atoms with van der Waals surface area (Å²) in [6, 6.07) is 7.75. The van der Waals surface area contributed by atoms with E-state index in [1.165, 1.54) is 15.7 Å². The number of likely N-dealkylation sites (N-methyl/N-ethyl adjacent to an activating group) is 2. The summed E-state index contributed by atoms with van der Waals surface area (Å²) < 4.78 is 1.20. The highest BCUT2D eigenvalue weighted by molar-refractivity contribution is 9.10. The van der Waals surface area contributed by atoms with Gasteiger partial charge >= 0.3 is 0 Å². The number of anilines is 1. The molecular formula is C15H24BrN3. The third-order valence-corrected chi connectivity index (χ3v) is 4.71. The van der Waals surface area contributed by atoms with Crippen molar-refractivity contribution in [3.05, 3.63) is 28.2 Å². The Hall–Kier alpha value is -0.580. The van der Waals surface area contributed by atoms with Crippen molar-refractivity contribution in [2.75, 3.05) is 38.6 Å². The lowest BCUT2D eigenvalue weighted by Crippen LogP contribution is -2.58. The summed E-state index contributed by atoms with van der Waals surface area (Å²) in [6.07, 6.45) is 0. The van der Waals surface area contributed by atoms with Gasteiger partial charge in [0.15, 0.2) is 0 Å². The van der Waals surface area contributed by atoms with Crippen LogP contribution < -0.4 is 10.2 Å². The average Bonchev–Trinajstić information content (AvgIpc) is 2.35. The van der Waals surface area contributed by atoms with Crippen LogP contribution in [0, 0.1) is 6.92 Å². The fraction of sp³-hybridized carbons (Fsp3) is 0.600. The van der Waals surface area contributed by atoms with Crippen LogP contribution >= 0.6 is 15.9 Å². The molecule has 1 heterocycles. The minimum absolute atomic E-state index is 0.557. The van der Waals surface area contributed by atoms with Crippen LogP contribution in [0.1, 0.15) is 12.5 Å². The molecule has 1 saturated heterocycles. The zero-order chi connectivity index (χ0) is 14.0. The molecular weight excluding hydrogens is 302 g/mol. The number of nitrogens with one attached hydrogen (secondary N) is 1. The van der Waals surface area contributed by atoms with Gasteiger partial charge in [0.25, 0.3) is 0 Å². The van der Waals surface area contributed by atoms with Crippen LogP contribution in [0.4, 0.5) is 5.69 Å². The number of aryl methyl sites for hydroxylation is 1. The van der Waals surface area contributed by atoms with Gasteiger partial charge in [-0.15, -0.1) is 0 Å². The third kappa shape index (κ3) is 3.30. The van der Waals surface area contributed by atoms with E-state index in [1.807, 2.05) is 7.05 Å². The van der Waals surface area contributed by atoms with E-state index >= 15 is 0 Å². The van der Waals surface area contributed by atoms with Crippen LogP contribution in [0.25, 0.3) is 0 Å². The summed E-state index contributed by atoms with van der Waals surface area (Å²) in [5.41, 5.74) is 2.61. The third-order valence-electron chi connectivity index (χ3n) is 4.07. The highest BCUT2D eigenvalue weighted by atomic mass is 79.9. The Morgan fingerprint density at radius 2 is 2.11 bits per heavy atom. The number of benzene rings is 1. The molecule has 0 radical (unpaired) electrons. The van der Waals surface area contributed by atoms with Crippen molar-refractivity contribution in [1.82, 2.24) is 10.2 Å². The van der Waals surface area contributed by atoms with E-state index < -0.39 is 0 Å². The summed E-state index contributed by atoms with van der Waals surface area (Å²) in [4.78, 5) is 4.98. The topological polar surface area (TPSA) is 18.5 Å². The zero-order valence-electron chi connectivity index (χ0n) is 12.3. The maximum Gasteiger partial charge on any atom is 0.0511 e. The molecule has 1 N–H and O–H groups in total. The second-order valence-electron chi connectivity index (χ2n) is 5.59. The van der Waals surface area contributed by atoms with Crippen molar-refractivity contribution in [3.63, 3.8) is 0 Å². The van der Waals surface area contributed by atoms with Crippen LogP contribution in [0.3, 0.4) is 0 Å². The van der Waals surface area contributed by atoms with E-state index in [2.05, 4.69) is 70.1 Å². The van der Waals surface area contributed by atoms with Crippen molar-refractivity contribution in [1.29, 1.82) is 0 Å². The van der Waals surface area contributed by atoms with Crippen LogP contribution in [0.5, 0.6) is 0 Å². The van der Waals surface area contributed by atoms with Crippen LogP contribution in [-0.2, 0) is 0 Å². The molecule has 2 unspecified atom stereocenters. The lowest BCUT2D eigenvalue weighted by atomic mass is 10.1. The van der Waals surface area contributed by atoms with E-state index in [9.17, 15) is 0 Å². The first kappa shape index (κ1) is 14.8. The minimum Gasteiger partial charge on any atom is -0.367 e. The van der Waals surface area contributed by atoms with Crippen molar-refractivity contribution >= 4 is 21.6 Å². The lowest BCUT2D eigenvalue weighted by Gasteiger charge is -2.45. The van der Waals surface area contributed by atoms with Crippen LogP contribution in [0.2, 0.25) is 0 Å². The average molecular weight is 326 g/mol. The molecule has 0 aromatic heterocycles. The molecule has 2 rings (SSSR count). The Morgan fingerprint density at radius 1 is 1.37 bits per heavy atom. The van der Waals surface area contributed by atoms with Gasteiger partial charge in [0.2, 0.25) is 0 Å². The number of piperazine rings is 1. The molecule has 1 aromatic rings. The molecule has 0 aliphatic carbocycles. The first-order valence-electron chi connectivity index (χ1n) is 6.90. The Balaban J connectivity index is 2.20. The second-order valence-corrected chi connectivity index (χ2v) is 6.44. The van der Waals surface area contributed by atoms with Crippen LogP contribution in [0.15, 0.2) is 22.7 Å². The Morgan fingerprint density at radius 3 is 2.74 bits per heavy atom. The molecule has 0 amide bonds. The Labute approximate surface area is 125 Å². The van der Waals surface area contributed by atoms with Crippen LogP contribution in [-0.4, -0.2) is 50.7 Å². The van der Waals surface area contributed by atoms with E-state index in [-0.39, 0.29) is 0 Å². The normalized spacial score (nSPS) is 24.8. The summed E-state index contributed by atoms with van der Waals surface area (Å²) in [5.74, 6) is 0. The molecule has 19 heavy (non-hydrogen) atoms. The fourth-order valence-corrected chi connectivity index (χ4v) is 3.52. The molecule has 106 valence electrons. The molecule has 1 fully saturated rings. The number of halogens is 1. The van der Waals surface area contributed by atoms with Gasteiger partial charge in [-0.2, -0.15) is 0 Å². The van der Waals surface area contributed by atoms with Gasteiger partial charge < -0.3 is 10.2 Å². The molecule has 0 spiro atoms. The minimum atomic E-state index is 0.557. The lowest BCUT2D eigenvalue weighted by molar-refractivity contribution is 0.157. The van der Waals surface area contributed by atoms with E-state index in [4.69, 9.17) is 0 Å². The number of hydrogen-bond donors (Lipinski definition) is 1. The maximum atomic E-state index is 3.71. The second kappa shape index (κ2) is 6.25. The van der Waals surface area contributed by atoms with Gasteiger partial charge in [0, 0.05) is 36.2 Å². The molecule has 0 saturated carbocycles. The van der Waals surface area contributed by atoms with Gasteiger partial charge in [0.05, 0.1) is 5.69 Å². The summed E-state index contributed by atoms with van der Waals surface area (Å²) in [7, 11) is 4.26. The van der Waals surface area contributed by atoms with Gasteiger partial charge in [-0.25, -0.2) is 0 Å². The summed E-state index contributed by atoms with van der Waals surface area (Å²) in [5, 5.41) is 3.30. The van der Waals surface area contributed by atoms with Crippen molar-refractivity contribution < 1.29 is 0 Å². The molecule has 3 nitrogen and oxygen atoms in total. The largest absolute Gasteiger partial charge is 0.367 e. The highest BCUT2D eigenvalue weighted by Crippen LogP contribution is 2.29. The smallest absolute Gasteiger partial charge is 0.0511 e. The van der Waals surface area contributed by atoms with Crippen molar-refractivity contribution in [2.24, 2.45) is 0 Å². The highest BCUT2D eigenvalue weighted by Gasteiger charge is 2.29. The monoisotopic (exact) mass is 325 g/mol. The first-order valence-corrected chi connectivity index (χ1v) is 7.70. The van der Waals surface area contributed by atoms with Gasteiger partial charge in [-0.3, -0.25) is 4.90 Å². The number of rotatable bonds is 3. The Kier molecular flexibility index (Phi) is 4.87. The first-order chi connectivity index (χ1) is 9.02. The van der Waals surface area contributed by atoms with Crippen molar-refractivity contribution in [2.45, 2.75) is 25.9 Å². The SMILES string of the molecule is CNCC1CN(c2ccc(C)cc2Br)CC(C)N1C. The standard InChI is InChI=1S/C15H24BrN3/c1-11-5-6-15(14(16)7-11)19-9-12(2)18(4)13(10-19)8-17-3/h5-7,12-13,17H,8-10H2,1-4H3. The van der Waals surface area contributed by atoms with Gasteiger partial charge in [0.1, 0.15) is 0 Å². The molecule has 2 atom stereocenters. The fourth-order valence-electron chi connectivity index (χ4n) is 2.77. The predicted octanol–water partition coefficient (Wildman–Crippen LogP) is 2.49. The molecule has 1 aliphatic heterocycles. The summed E-state index contributed by atoms with van der Waals surface area (Å²) >= 11 is 3.71. The van der Waals surface area contributed by atoms with E-state index in [1.54, 1.807) is 0 Å². The Bertz CT molecular complexity index is 435. The number of hydrogen-bond acceptors (Lipinski definition) is 3. The van der Waals surface area contributed by atoms with Gasteiger partial charge in [-0.05, 0) is 61.6 Å². The molecule has 1 aliphatic rings. The maximum absolute atomic E-state index is 3.71. The summed E-state index contributed by atoms with van der Waals surface area (Å²) in [6.45, 7) is 7.62. The van der Waals surface area contributed by atoms with Gasteiger partial charge in [-0.1, -0.05) is 6.07 Å². The van der Waals surface area contributed by atoms with E-state index in [0.29, 0.717) is 12.1 Å². The van der Waals surface area contributed by atoms with Crippen molar-refractivity contribution in [3.8, 4) is 0 Å². The molecule has 4 heteroatoms.